The minimum Gasteiger partial charge on any atom is -0.326 e. The number of hydrogen-bond acceptors (Lipinski definition) is 2. The Kier molecular flexibility index (Phi) is 14.6. The summed E-state index contributed by atoms with van der Waals surface area (Å²) >= 11 is 0. The molecule has 0 aromatic rings. The average Bonchev–Trinajstić information content (AvgIpc) is 1.67. The lowest BCUT2D eigenvalue weighted by atomic mass is 10.6. The zero-order valence-electron chi connectivity index (χ0n) is 6.18. The Balaban J connectivity index is 0. The van der Waals surface area contributed by atoms with E-state index in [4.69, 9.17) is 4.89 Å². The van der Waals surface area contributed by atoms with Crippen LogP contribution in [0.3, 0.4) is 0 Å². The van der Waals surface area contributed by atoms with E-state index in [1.807, 2.05) is 0 Å². The molecule has 1 atom stereocenters. The maximum Gasteiger partial charge on any atom is 0.316 e. The minimum absolute atomic E-state index is 0.314. The Morgan fingerprint density at radius 1 is 1.44 bits per heavy atom. The molecule has 0 amide bonds. The third kappa shape index (κ3) is 31.1. The molecule has 0 aromatic carbocycles. The highest BCUT2D eigenvalue weighted by Crippen LogP contribution is 2.12. The van der Waals surface area contributed by atoms with Crippen LogP contribution >= 0.6 is 8.25 Å². The highest BCUT2D eigenvalue weighted by atomic mass is 31.1. The summed E-state index contributed by atoms with van der Waals surface area (Å²) in [5, 5.41) is 0. The molecule has 0 aliphatic rings. The minimum atomic E-state index is -2.64. The summed E-state index contributed by atoms with van der Waals surface area (Å²) in [7, 11) is -2.64. The van der Waals surface area contributed by atoms with E-state index < -0.39 is 8.25 Å². The van der Waals surface area contributed by atoms with E-state index in [1.165, 1.54) is 6.42 Å². The summed E-state index contributed by atoms with van der Waals surface area (Å²) in [6.45, 7) is 6.23. The van der Waals surface area contributed by atoms with Crippen LogP contribution in [-0.2, 0) is 9.09 Å². The van der Waals surface area contributed by atoms with Crippen molar-refractivity contribution in [1.82, 2.24) is 0 Å². The van der Waals surface area contributed by atoms with Gasteiger partial charge in [-0.15, -0.1) is 0 Å². The van der Waals surface area contributed by atoms with Crippen LogP contribution in [0.1, 0.15) is 27.2 Å². The van der Waals surface area contributed by atoms with Crippen LogP contribution in [0.4, 0.5) is 0 Å². The Bertz CT molecular complexity index is 65.2. The maximum atomic E-state index is 9.56. The quantitative estimate of drug-likeness (QED) is 0.617. The largest absolute Gasteiger partial charge is 0.326 e. The van der Waals surface area contributed by atoms with Crippen LogP contribution in [0.2, 0.25) is 0 Å². The van der Waals surface area contributed by atoms with Gasteiger partial charge in [0.2, 0.25) is 0 Å². The molecule has 3 nitrogen and oxygen atoms in total. The predicted octanol–water partition coefficient (Wildman–Crippen LogP) is 1.82. The van der Waals surface area contributed by atoms with Crippen molar-refractivity contribution >= 4 is 8.25 Å². The smallest absolute Gasteiger partial charge is 0.316 e. The molecule has 0 aromatic heterocycles. The van der Waals surface area contributed by atoms with Crippen molar-refractivity contribution in [2.24, 2.45) is 0 Å². The molecular weight excluding hydrogens is 139 g/mol. The Morgan fingerprint density at radius 2 is 1.78 bits per heavy atom. The second-order valence-corrected chi connectivity index (χ2v) is 2.23. The monoisotopic (exact) mass is 154 g/mol. The van der Waals surface area contributed by atoms with Crippen molar-refractivity contribution in [1.29, 1.82) is 0 Å². The van der Waals surface area contributed by atoms with Gasteiger partial charge in [0.15, 0.2) is 0 Å². The molecule has 0 radical (unpaired) electrons. The van der Waals surface area contributed by atoms with Gasteiger partial charge in [-0.25, -0.2) is 0 Å². The molecule has 58 valence electrons. The molecule has 0 saturated carbocycles. The fourth-order valence-corrected chi connectivity index (χ4v) is 0.370. The van der Waals surface area contributed by atoms with E-state index in [0.29, 0.717) is 6.61 Å². The Morgan fingerprint density at radius 3 is 1.78 bits per heavy atom. The van der Waals surface area contributed by atoms with Gasteiger partial charge in [0.1, 0.15) is 0 Å². The molecule has 1 unspecified atom stereocenters. The zero-order chi connectivity index (χ0) is 7.70. The predicted molar refractivity (Wildman–Crippen MR) is 38.8 cm³/mol. The van der Waals surface area contributed by atoms with Gasteiger partial charge < -0.3 is 9.42 Å². The topological polar surface area (TPSA) is 46.5 Å². The highest BCUT2D eigenvalue weighted by molar-refractivity contribution is 7.32. The lowest BCUT2D eigenvalue weighted by Crippen LogP contribution is -1.72. The second kappa shape index (κ2) is 11.0. The van der Waals surface area contributed by atoms with Crippen LogP contribution < -0.4 is 0 Å². The van der Waals surface area contributed by atoms with Gasteiger partial charge in [0.05, 0.1) is 6.61 Å². The van der Waals surface area contributed by atoms with Crippen LogP contribution in [-0.4, -0.2) is 11.5 Å². The van der Waals surface area contributed by atoms with Gasteiger partial charge in [-0.2, -0.15) is 0 Å². The van der Waals surface area contributed by atoms with Crippen molar-refractivity contribution in [2.45, 2.75) is 27.2 Å². The van der Waals surface area contributed by atoms with Crippen LogP contribution in [0.15, 0.2) is 0 Å². The van der Waals surface area contributed by atoms with Crippen molar-refractivity contribution in [3.63, 3.8) is 0 Å². The van der Waals surface area contributed by atoms with E-state index >= 15 is 0 Å². The first-order valence-electron chi connectivity index (χ1n) is 3.04. The maximum absolute atomic E-state index is 9.56. The van der Waals surface area contributed by atoms with Gasteiger partial charge in [0, 0.05) is 0 Å². The van der Waals surface area contributed by atoms with E-state index in [0.717, 1.165) is 0 Å². The molecular formula is C5H15O3P. The molecule has 0 spiro atoms. The molecule has 4 heteroatoms. The summed E-state index contributed by atoms with van der Waals surface area (Å²) in [6, 6.07) is 0. The Labute approximate surface area is 57.0 Å². The van der Waals surface area contributed by atoms with Crippen molar-refractivity contribution in [2.75, 3.05) is 6.61 Å². The first kappa shape index (κ1) is 11.9. The lowest BCUT2D eigenvalue weighted by molar-refractivity contribution is 0.297. The molecule has 0 saturated heterocycles. The Hall–Kier alpha value is 0.150. The molecule has 0 fully saturated rings. The van der Waals surface area contributed by atoms with E-state index in [9.17, 15) is 4.57 Å². The first-order valence-corrected chi connectivity index (χ1v) is 4.31. The van der Waals surface area contributed by atoms with E-state index in [-0.39, 0.29) is 0 Å². The van der Waals surface area contributed by atoms with Crippen molar-refractivity contribution in [3.8, 4) is 0 Å². The van der Waals surface area contributed by atoms with Crippen molar-refractivity contribution in [3.05, 3.63) is 0 Å². The third-order valence-electron chi connectivity index (χ3n) is 0.268. The van der Waals surface area contributed by atoms with Crippen LogP contribution in [0.25, 0.3) is 0 Å². The summed E-state index contributed by atoms with van der Waals surface area (Å²) in [6.07, 6.45) is 1.25. The summed E-state index contributed by atoms with van der Waals surface area (Å²) in [4.78, 5) is 7.88. The van der Waals surface area contributed by atoms with Crippen LogP contribution in [0.5, 0.6) is 0 Å². The molecule has 0 bridgehead atoms. The highest BCUT2D eigenvalue weighted by Gasteiger charge is 1.81. The first-order chi connectivity index (χ1) is 4.18. The van der Waals surface area contributed by atoms with Crippen molar-refractivity contribution < 1.29 is 14.0 Å². The number of hydrogen-bond donors (Lipinski definition) is 1. The molecule has 0 aliphatic carbocycles. The normalized spacial score (nSPS) is 11.6. The van der Waals surface area contributed by atoms with Gasteiger partial charge in [-0.1, -0.05) is 20.3 Å². The molecule has 1 N–H and O–H groups in total. The SMILES string of the molecule is CCC.CCO[PH](=O)O. The second-order valence-electron chi connectivity index (χ2n) is 1.41. The lowest BCUT2D eigenvalue weighted by Gasteiger charge is -1.86. The van der Waals surface area contributed by atoms with Gasteiger partial charge in [-0.05, 0) is 6.92 Å². The summed E-state index contributed by atoms with van der Waals surface area (Å²) < 4.78 is 13.7. The van der Waals surface area contributed by atoms with Gasteiger partial charge in [-0.3, -0.25) is 4.57 Å². The molecule has 0 aliphatic heterocycles. The van der Waals surface area contributed by atoms with Gasteiger partial charge in [0.25, 0.3) is 0 Å². The molecule has 0 rings (SSSR count). The summed E-state index contributed by atoms with van der Waals surface area (Å²) in [5.41, 5.74) is 0. The average molecular weight is 154 g/mol. The van der Waals surface area contributed by atoms with Gasteiger partial charge >= 0.3 is 8.25 Å². The van der Waals surface area contributed by atoms with Crippen LogP contribution in [0, 0.1) is 0 Å². The molecule has 0 heterocycles. The molecule has 9 heavy (non-hydrogen) atoms. The van der Waals surface area contributed by atoms with E-state index in [2.05, 4.69) is 18.4 Å². The number of rotatable bonds is 2. The fraction of sp³-hybridized carbons (Fsp3) is 1.00. The summed E-state index contributed by atoms with van der Waals surface area (Å²) in [5.74, 6) is 0. The standard InChI is InChI=1S/C3H8.C2H7O3P/c1-3-2;1-2-5-6(3)4/h3H2,1-2H3;6H,2H2,1H3,(H,3,4). The fourth-order valence-electron chi connectivity index (χ4n) is 0.123. The van der Waals surface area contributed by atoms with E-state index in [1.54, 1.807) is 6.92 Å². The third-order valence-corrected chi connectivity index (χ3v) is 0.803. The zero-order valence-corrected chi connectivity index (χ0v) is 7.18.